The van der Waals surface area contributed by atoms with Crippen LogP contribution in [0, 0.1) is 0 Å². The molecule has 4 nitrogen and oxygen atoms in total. The van der Waals surface area contributed by atoms with Gasteiger partial charge < -0.3 is 5.32 Å². The van der Waals surface area contributed by atoms with Crippen LogP contribution in [0.25, 0.3) is 0 Å². The highest BCUT2D eigenvalue weighted by Crippen LogP contribution is 2.16. The van der Waals surface area contributed by atoms with Crippen molar-refractivity contribution in [3.8, 4) is 0 Å². The minimum absolute atomic E-state index is 0.0694. The van der Waals surface area contributed by atoms with E-state index in [4.69, 9.17) is 0 Å². The summed E-state index contributed by atoms with van der Waals surface area (Å²) >= 11 is 0. The van der Waals surface area contributed by atoms with Crippen molar-refractivity contribution in [2.75, 3.05) is 13.6 Å². The molecule has 0 saturated heterocycles. The van der Waals surface area contributed by atoms with Crippen LogP contribution in [-0.2, 0) is 22.3 Å². The molecule has 0 heterocycles. The lowest BCUT2D eigenvalue weighted by molar-refractivity contribution is 0.349. The molecule has 1 N–H and O–H groups in total. The summed E-state index contributed by atoms with van der Waals surface area (Å²) in [5, 5.41) is 3.25. The Balaban J connectivity index is 2.83. The third-order valence-corrected chi connectivity index (χ3v) is 5.69. The number of nitrogens with zero attached hydrogens (tertiary/aromatic N) is 1. The van der Waals surface area contributed by atoms with Crippen LogP contribution in [0.2, 0.25) is 0 Å². The topological polar surface area (TPSA) is 49.4 Å². The second kappa shape index (κ2) is 8.51. The molecule has 0 fully saturated rings. The van der Waals surface area contributed by atoms with Crippen LogP contribution < -0.4 is 5.32 Å². The van der Waals surface area contributed by atoms with Crippen molar-refractivity contribution in [1.29, 1.82) is 0 Å². The molecule has 0 aliphatic carbocycles. The fraction of sp³-hybridized carbons (Fsp3) is 0.625. The molecular weight excluding hydrogens is 284 g/mol. The average molecular weight is 312 g/mol. The summed E-state index contributed by atoms with van der Waals surface area (Å²) < 4.78 is 26.5. The molecule has 0 atom stereocenters. The van der Waals surface area contributed by atoms with Gasteiger partial charge in [0.1, 0.15) is 0 Å². The van der Waals surface area contributed by atoms with E-state index in [-0.39, 0.29) is 11.8 Å². The van der Waals surface area contributed by atoms with Gasteiger partial charge in [0.15, 0.2) is 0 Å². The quantitative estimate of drug-likeness (QED) is 0.763. The highest BCUT2D eigenvalue weighted by Gasteiger charge is 2.24. The van der Waals surface area contributed by atoms with Crippen LogP contribution in [0.3, 0.4) is 0 Å². The van der Waals surface area contributed by atoms with E-state index in [0.29, 0.717) is 0 Å². The first-order chi connectivity index (χ1) is 9.94. The Bertz CT molecular complexity index is 525. The van der Waals surface area contributed by atoms with Gasteiger partial charge in [0.05, 0.1) is 5.75 Å². The number of nitrogens with one attached hydrogen (secondary N) is 1. The Morgan fingerprint density at radius 1 is 1.14 bits per heavy atom. The highest BCUT2D eigenvalue weighted by atomic mass is 32.2. The largest absolute Gasteiger partial charge is 0.313 e. The molecule has 0 bridgehead atoms. The van der Waals surface area contributed by atoms with Crippen molar-refractivity contribution in [2.24, 2.45) is 0 Å². The minimum atomic E-state index is -3.26. The van der Waals surface area contributed by atoms with E-state index in [1.807, 2.05) is 38.1 Å². The third kappa shape index (κ3) is 5.41. The van der Waals surface area contributed by atoms with Gasteiger partial charge in [-0.1, -0.05) is 45.0 Å². The Morgan fingerprint density at radius 3 is 2.33 bits per heavy atom. The Labute approximate surface area is 129 Å². The number of hydrogen-bond donors (Lipinski definition) is 1. The number of benzene rings is 1. The predicted molar refractivity (Wildman–Crippen MR) is 88.6 cm³/mol. The zero-order chi connectivity index (χ0) is 15.9. The summed E-state index contributed by atoms with van der Waals surface area (Å²) in [6, 6.07) is 7.88. The van der Waals surface area contributed by atoms with Crippen molar-refractivity contribution < 1.29 is 8.42 Å². The van der Waals surface area contributed by atoms with E-state index in [2.05, 4.69) is 12.2 Å². The fourth-order valence-corrected chi connectivity index (χ4v) is 4.00. The van der Waals surface area contributed by atoms with Gasteiger partial charge in [-0.25, -0.2) is 12.7 Å². The van der Waals surface area contributed by atoms with Crippen LogP contribution >= 0.6 is 0 Å². The SMILES string of the molecule is CCNCc1cccc(CS(=O)(=O)N(C)C(CC)CC)c1. The normalized spacial score (nSPS) is 12.3. The molecule has 0 amide bonds. The second-order valence-electron chi connectivity index (χ2n) is 5.34. The lowest BCUT2D eigenvalue weighted by Crippen LogP contribution is -2.37. The number of hydrogen-bond acceptors (Lipinski definition) is 3. The van der Waals surface area contributed by atoms with Crippen molar-refractivity contribution >= 4 is 10.0 Å². The Morgan fingerprint density at radius 2 is 1.76 bits per heavy atom. The maximum atomic E-state index is 12.5. The van der Waals surface area contributed by atoms with E-state index >= 15 is 0 Å². The first-order valence-corrected chi connectivity index (χ1v) is 9.29. The van der Waals surface area contributed by atoms with Crippen molar-refractivity contribution in [3.05, 3.63) is 35.4 Å². The van der Waals surface area contributed by atoms with Crippen molar-refractivity contribution in [1.82, 2.24) is 9.62 Å². The molecule has 0 spiro atoms. The smallest absolute Gasteiger partial charge is 0.218 e. The van der Waals surface area contributed by atoms with E-state index < -0.39 is 10.0 Å². The molecule has 0 aliphatic heterocycles. The zero-order valence-electron chi connectivity index (χ0n) is 13.6. The molecule has 0 radical (unpaired) electrons. The first-order valence-electron chi connectivity index (χ1n) is 7.68. The van der Waals surface area contributed by atoms with E-state index in [9.17, 15) is 8.42 Å². The molecule has 0 saturated carbocycles. The third-order valence-electron chi connectivity index (χ3n) is 3.82. The molecular formula is C16H28N2O2S. The highest BCUT2D eigenvalue weighted by molar-refractivity contribution is 7.88. The van der Waals surface area contributed by atoms with Crippen molar-refractivity contribution in [2.45, 2.75) is 52.0 Å². The summed E-state index contributed by atoms with van der Waals surface area (Å²) in [5.41, 5.74) is 1.97. The summed E-state index contributed by atoms with van der Waals surface area (Å²) in [6.07, 6.45) is 1.68. The maximum Gasteiger partial charge on any atom is 0.218 e. The lowest BCUT2D eigenvalue weighted by atomic mass is 10.1. The summed E-state index contributed by atoms with van der Waals surface area (Å²) in [4.78, 5) is 0. The van der Waals surface area contributed by atoms with E-state index in [1.54, 1.807) is 7.05 Å². The lowest BCUT2D eigenvalue weighted by Gasteiger charge is -2.25. The van der Waals surface area contributed by atoms with E-state index in [0.717, 1.165) is 37.1 Å². The van der Waals surface area contributed by atoms with Crippen LogP contribution in [-0.4, -0.2) is 32.4 Å². The molecule has 1 aromatic rings. The van der Waals surface area contributed by atoms with Gasteiger partial charge in [-0.3, -0.25) is 0 Å². The van der Waals surface area contributed by atoms with Gasteiger partial charge >= 0.3 is 0 Å². The van der Waals surface area contributed by atoms with Gasteiger partial charge in [0.2, 0.25) is 10.0 Å². The molecule has 120 valence electrons. The van der Waals surface area contributed by atoms with Crippen LogP contribution in [0.1, 0.15) is 44.7 Å². The van der Waals surface area contributed by atoms with Gasteiger partial charge in [0, 0.05) is 19.6 Å². The minimum Gasteiger partial charge on any atom is -0.313 e. The number of sulfonamides is 1. The molecule has 21 heavy (non-hydrogen) atoms. The van der Waals surface area contributed by atoms with Crippen LogP contribution in [0.4, 0.5) is 0 Å². The van der Waals surface area contributed by atoms with E-state index in [1.165, 1.54) is 4.31 Å². The van der Waals surface area contributed by atoms with Gasteiger partial charge in [0.25, 0.3) is 0 Å². The molecule has 1 aromatic carbocycles. The first kappa shape index (κ1) is 18.1. The van der Waals surface area contributed by atoms with Gasteiger partial charge in [-0.05, 0) is 30.5 Å². The average Bonchev–Trinajstić information content (AvgIpc) is 2.46. The fourth-order valence-electron chi connectivity index (χ4n) is 2.44. The molecule has 1 rings (SSSR count). The molecule has 0 aliphatic rings. The molecule has 5 heteroatoms. The van der Waals surface area contributed by atoms with Gasteiger partial charge in [-0.15, -0.1) is 0 Å². The Kier molecular flexibility index (Phi) is 7.35. The number of rotatable bonds is 9. The summed E-state index contributed by atoms with van der Waals surface area (Å²) in [7, 11) is -1.57. The standard InChI is InChI=1S/C16H28N2O2S/c1-5-16(6-2)18(4)21(19,20)13-15-10-8-9-14(11-15)12-17-7-3/h8-11,16-17H,5-7,12-13H2,1-4H3. The molecule has 0 unspecified atom stereocenters. The zero-order valence-corrected chi connectivity index (χ0v) is 14.4. The van der Waals surface area contributed by atoms with Gasteiger partial charge in [-0.2, -0.15) is 0 Å². The van der Waals surface area contributed by atoms with Crippen LogP contribution in [0.15, 0.2) is 24.3 Å². The van der Waals surface area contributed by atoms with Crippen molar-refractivity contribution in [3.63, 3.8) is 0 Å². The Hall–Kier alpha value is -0.910. The van der Waals surface area contributed by atoms with Crippen LogP contribution in [0.5, 0.6) is 0 Å². The summed E-state index contributed by atoms with van der Waals surface area (Å²) in [6.45, 7) is 7.78. The second-order valence-corrected chi connectivity index (χ2v) is 7.37. The monoisotopic (exact) mass is 312 g/mol. The molecule has 0 aromatic heterocycles. The predicted octanol–water partition coefficient (Wildman–Crippen LogP) is 2.75. The maximum absolute atomic E-state index is 12.5. The summed E-state index contributed by atoms with van der Waals surface area (Å²) in [5.74, 6) is 0.0694.